The summed E-state index contributed by atoms with van der Waals surface area (Å²) in [5.41, 5.74) is 1.85. The number of anilines is 1. The third kappa shape index (κ3) is 3.26. The van der Waals surface area contributed by atoms with E-state index in [-0.39, 0.29) is 11.3 Å². The van der Waals surface area contributed by atoms with Crippen LogP contribution in [0.1, 0.15) is 23.0 Å². The summed E-state index contributed by atoms with van der Waals surface area (Å²) in [7, 11) is 0. The fourth-order valence-corrected chi connectivity index (χ4v) is 1.92. The molecule has 0 saturated heterocycles. The first-order chi connectivity index (χ1) is 9.60. The average Bonchev–Trinajstić information content (AvgIpc) is 2.45. The normalized spacial score (nSPS) is 10.2. The lowest BCUT2D eigenvalue weighted by Crippen LogP contribution is -2.22. The smallest absolute Gasteiger partial charge is 0.337 e. The highest BCUT2D eigenvalue weighted by Crippen LogP contribution is 2.21. The van der Waals surface area contributed by atoms with Gasteiger partial charge in [-0.05, 0) is 31.2 Å². The molecular formula is C15H16N2O3. The number of benzene rings is 1. The number of carbonyl (C=O) groups is 1. The Morgan fingerprint density at radius 1 is 1.30 bits per heavy atom. The fraction of sp³-hybridized carbons (Fsp3) is 0.200. The van der Waals surface area contributed by atoms with Crippen LogP contribution in [0.5, 0.6) is 5.75 Å². The summed E-state index contributed by atoms with van der Waals surface area (Å²) in [6.45, 7) is 3.32. The number of phenolic OH excluding ortho intramolecular Hbond substituents is 1. The summed E-state index contributed by atoms with van der Waals surface area (Å²) in [6.07, 6.45) is 1.36. The SMILES string of the molecule is CCN(Cc1ccc(C(=O)O)cn1)c1cccc(O)c1. The molecule has 0 fully saturated rings. The van der Waals surface area contributed by atoms with Crippen molar-refractivity contribution in [1.29, 1.82) is 0 Å². The van der Waals surface area contributed by atoms with E-state index in [9.17, 15) is 9.90 Å². The lowest BCUT2D eigenvalue weighted by atomic mass is 10.2. The quantitative estimate of drug-likeness (QED) is 0.874. The highest BCUT2D eigenvalue weighted by molar-refractivity contribution is 5.87. The summed E-state index contributed by atoms with van der Waals surface area (Å²) in [4.78, 5) is 17.0. The Bertz CT molecular complexity index is 596. The molecule has 0 saturated carbocycles. The van der Waals surface area contributed by atoms with Gasteiger partial charge in [-0.3, -0.25) is 4.98 Å². The van der Waals surface area contributed by atoms with Crippen molar-refractivity contribution >= 4 is 11.7 Å². The van der Waals surface area contributed by atoms with Crippen LogP contribution in [0.25, 0.3) is 0 Å². The van der Waals surface area contributed by atoms with Crippen LogP contribution < -0.4 is 4.90 Å². The standard InChI is InChI=1S/C15H16N2O3/c1-2-17(13-4-3-5-14(18)8-13)10-12-7-6-11(9-16-12)15(19)20/h3-9,18H,2,10H2,1H3,(H,19,20). The number of aromatic carboxylic acids is 1. The van der Waals surface area contributed by atoms with E-state index in [1.807, 2.05) is 17.9 Å². The summed E-state index contributed by atoms with van der Waals surface area (Å²) in [6, 6.07) is 10.3. The van der Waals surface area contributed by atoms with Gasteiger partial charge in [0.15, 0.2) is 0 Å². The number of carboxylic acids is 1. The van der Waals surface area contributed by atoms with E-state index < -0.39 is 5.97 Å². The molecule has 104 valence electrons. The van der Waals surface area contributed by atoms with Gasteiger partial charge in [0.2, 0.25) is 0 Å². The minimum Gasteiger partial charge on any atom is -0.508 e. The predicted molar refractivity (Wildman–Crippen MR) is 76.0 cm³/mol. The van der Waals surface area contributed by atoms with Crippen LogP contribution in [0.2, 0.25) is 0 Å². The van der Waals surface area contributed by atoms with E-state index >= 15 is 0 Å². The van der Waals surface area contributed by atoms with Crippen molar-refractivity contribution in [1.82, 2.24) is 4.98 Å². The van der Waals surface area contributed by atoms with Crippen LogP contribution in [-0.2, 0) is 6.54 Å². The maximum atomic E-state index is 10.8. The number of rotatable bonds is 5. The van der Waals surface area contributed by atoms with Crippen molar-refractivity contribution in [2.24, 2.45) is 0 Å². The highest BCUT2D eigenvalue weighted by atomic mass is 16.4. The van der Waals surface area contributed by atoms with Gasteiger partial charge in [-0.1, -0.05) is 6.07 Å². The zero-order valence-electron chi connectivity index (χ0n) is 11.2. The maximum absolute atomic E-state index is 10.8. The molecule has 2 N–H and O–H groups in total. The first kappa shape index (κ1) is 13.9. The summed E-state index contributed by atoms with van der Waals surface area (Å²) in [5.74, 6) is -0.764. The Morgan fingerprint density at radius 3 is 2.65 bits per heavy atom. The molecule has 1 aromatic carbocycles. The van der Waals surface area contributed by atoms with E-state index in [4.69, 9.17) is 5.11 Å². The van der Waals surface area contributed by atoms with E-state index in [0.717, 1.165) is 17.9 Å². The summed E-state index contributed by atoms with van der Waals surface area (Å²) in [5, 5.41) is 18.3. The molecule has 5 nitrogen and oxygen atoms in total. The lowest BCUT2D eigenvalue weighted by Gasteiger charge is -2.22. The second-order valence-corrected chi connectivity index (χ2v) is 4.38. The molecule has 0 radical (unpaired) electrons. The number of phenols is 1. The van der Waals surface area contributed by atoms with Gasteiger partial charge in [0.05, 0.1) is 17.8 Å². The Labute approximate surface area is 117 Å². The van der Waals surface area contributed by atoms with Crippen molar-refractivity contribution in [3.63, 3.8) is 0 Å². The second-order valence-electron chi connectivity index (χ2n) is 4.38. The fourth-order valence-electron chi connectivity index (χ4n) is 1.92. The molecular weight excluding hydrogens is 256 g/mol. The van der Waals surface area contributed by atoms with Gasteiger partial charge in [0, 0.05) is 24.5 Å². The van der Waals surface area contributed by atoms with Crippen LogP contribution >= 0.6 is 0 Å². The summed E-state index contributed by atoms with van der Waals surface area (Å²) >= 11 is 0. The Morgan fingerprint density at radius 2 is 2.10 bits per heavy atom. The first-order valence-electron chi connectivity index (χ1n) is 6.32. The zero-order valence-corrected chi connectivity index (χ0v) is 11.2. The molecule has 0 unspecified atom stereocenters. The van der Waals surface area contributed by atoms with Gasteiger partial charge in [-0.15, -0.1) is 0 Å². The van der Waals surface area contributed by atoms with Crippen LogP contribution in [0.4, 0.5) is 5.69 Å². The number of hydrogen-bond acceptors (Lipinski definition) is 4. The number of nitrogens with zero attached hydrogens (tertiary/aromatic N) is 2. The van der Waals surface area contributed by atoms with Gasteiger partial charge in [-0.25, -0.2) is 4.79 Å². The molecule has 0 aliphatic heterocycles. The second kappa shape index (κ2) is 6.06. The van der Waals surface area contributed by atoms with Crippen LogP contribution in [0.15, 0.2) is 42.6 Å². The molecule has 0 bridgehead atoms. The Balaban J connectivity index is 2.16. The minimum atomic E-state index is -0.982. The third-order valence-electron chi connectivity index (χ3n) is 3.00. The molecule has 0 atom stereocenters. The number of aromatic hydroxyl groups is 1. The summed E-state index contributed by atoms with van der Waals surface area (Å²) < 4.78 is 0. The third-order valence-corrected chi connectivity index (χ3v) is 3.00. The van der Waals surface area contributed by atoms with Gasteiger partial charge < -0.3 is 15.1 Å². The van der Waals surface area contributed by atoms with Crippen molar-refractivity contribution in [2.75, 3.05) is 11.4 Å². The van der Waals surface area contributed by atoms with Gasteiger partial charge in [0.25, 0.3) is 0 Å². The predicted octanol–water partition coefficient (Wildman–Crippen LogP) is 2.51. The molecule has 1 aromatic heterocycles. The van der Waals surface area contributed by atoms with Gasteiger partial charge in [0.1, 0.15) is 5.75 Å². The van der Waals surface area contributed by atoms with E-state index in [1.54, 1.807) is 30.3 Å². The minimum absolute atomic E-state index is 0.175. The average molecular weight is 272 g/mol. The Hall–Kier alpha value is -2.56. The van der Waals surface area contributed by atoms with Gasteiger partial charge in [-0.2, -0.15) is 0 Å². The maximum Gasteiger partial charge on any atom is 0.337 e. The van der Waals surface area contributed by atoms with Crippen LogP contribution in [0, 0.1) is 0 Å². The molecule has 0 amide bonds. The van der Waals surface area contributed by atoms with Crippen LogP contribution in [-0.4, -0.2) is 27.7 Å². The van der Waals surface area contributed by atoms with Crippen molar-refractivity contribution in [2.45, 2.75) is 13.5 Å². The zero-order chi connectivity index (χ0) is 14.5. The highest BCUT2D eigenvalue weighted by Gasteiger charge is 2.08. The van der Waals surface area contributed by atoms with Crippen molar-refractivity contribution < 1.29 is 15.0 Å². The largest absolute Gasteiger partial charge is 0.508 e. The molecule has 20 heavy (non-hydrogen) atoms. The first-order valence-corrected chi connectivity index (χ1v) is 6.32. The topological polar surface area (TPSA) is 73.7 Å². The lowest BCUT2D eigenvalue weighted by molar-refractivity contribution is 0.0696. The van der Waals surface area contributed by atoms with E-state index in [1.165, 1.54) is 6.20 Å². The monoisotopic (exact) mass is 272 g/mol. The molecule has 0 aliphatic carbocycles. The number of aromatic nitrogens is 1. The van der Waals surface area contributed by atoms with Gasteiger partial charge >= 0.3 is 5.97 Å². The Kier molecular flexibility index (Phi) is 4.20. The molecule has 5 heteroatoms. The molecule has 1 heterocycles. The number of pyridine rings is 1. The van der Waals surface area contributed by atoms with Crippen molar-refractivity contribution in [3.8, 4) is 5.75 Å². The van der Waals surface area contributed by atoms with E-state index in [0.29, 0.717) is 6.54 Å². The van der Waals surface area contributed by atoms with E-state index in [2.05, 4.69) is 4.98 Å². The number of carboxylic acid groups (broad SMARTS) is 1. The molecule has 2 rings (SSSR count). The molecule has 2 aromatic rings. The molecule has 0 spiro atoms. The molecule has 0 aliphatic rings. The van der Waals surface area contributed by atoms with Crippen molar-refractivity contribution in [3.05, 3.63) is 53.9 Å². The van der Waals surface area contributed by atoms with Crippen LogP contribution in [0.3, 0.4) is 0 Å². The number of hydrogen-bond donors (Lipinski definition) is 2.